The molecule has 1 N–H and O–H groups in total. The summed E-state index contributed by atoms with van der Waals surface area (Å²) in [4.78, 5) is 0. The fourth-order valence-electron chi connectivity index (χ4n) is 8.34. The van der Waals surface area contributed by atoms with E-state index in [0.29, 0.717) is 5.75 Å². The fourth-order valence-corrected chi connectivity index (χ4v) is 9.49. The third kappa shape index (κ3) is 10.6. The van der Waals surface area contributed by atoms with Gasteiger partial charge in [-0.15, -0.1) is 0 Å². The van der Waals surface area contributed by atoms with Crippen molar-refractivity contribution in [1.82, 2.24) is 0 Å². The predicted octanol–water partition coefficient (Wildman–Crippen LogP) is 18.4. The van der Waals surface area contributed by atoms with Crippen molar-refractivity contribution in [3.63, 3.8) is 0 Å². The van der Waals surface area contributed by atoms with Crippen molar-refractivity contribution in [2.45, 2.75) is 222 Å². The first-order chi connectivity index (χ1) is 28.1. The van der Waals surface area contributed by atoms with Crippen molar-refractivity contribution in [1.29, 1.82) is 0 Å². The normalized spacial score (nSPS) is 14.4. The molecule has 5 rings (SSSR count). The summed E-state index contributed by atoms with van der Waals surface area (Å²) in [6, 6.07) is 18.5. The number of phenolic OH excluding ortho intramolecular Hbond substituents is 1. The molecule has 0 aliphatic rings. The molecule has 1 atom stereocenters. The lowest BCUT2D eigenvalue weighted by molar-refractivity contribution is 0.435. The largest absolute Gasteiger partial charge is 0.507 e. The van der Waals surface area contributed by atoms with Crippen LogP contribution in [0.5, 0.6) is 11.5 Å². The van der Waals surface area contributed by atoms with E-state index in [4.69, 9.17) is 12.9 Å². The molecule has 1 unspecified atom stereocenters. The molecule has 0 aliphatic carbocycles. The predicted molar refractivity (Wildman–Crippen MR) is 274 cm³/mol. The number of benzene rings is 4. The van der Waals surface area contributed by atoms with E-state index in [1.807, 2.05) is 0 Å². The van der Waals surface area contributed by atoms with Crippen LogP contribution in [0.25, 0.3) is 21.9 Å². The third-order valence-corrected chi connectivity index (χ3v) is 13.8. The lowest BCUT2D eigenvalue weighted by Gasteiger charge is -2.32. The van der Waals surface area contributed by atoms with Crippen molar-refractivity contribution in [3.05, 3.63) is 104 Å². The molecule has 4 aromatic carbocycles. The van der Waals surface area contributed by atoms with Crippen molar-refractivity contribution in [2.75, 3.05) is 0 Å². The fraction of sp³-hybridized carbons (Fsp3) is 0.586. The molecule has 0 radical (unpaired) electrons. The summed E-state index contributed by atoms with van der Waals surface area (Å²) in [5, 5.41) is 14.4. The van der Waals surface area contributed by atoms with Gasteiger partial charge in [-0.05, 0) is 83.3 Å². The highest BCUT2D eigenvalue weighted by molar-refractivity contribution is 7.32. The minimum absolute atomic E-state index is 0.109. The van der Waals surface area contributed by atoms with Gasteiger partial charge in [0.2, 0.25) is 0 Å². The molecule has 0 saturated heterocycles. The van der Waals surface area contributed by atoms with E-state index in [0.717, 1.165) is 61.1 Å². The third-order valence-electron chi connectivity index (χ3n) is 12.9. The van der Waals surface area contributed by atoms with Crippen LogP contribution in [0.15, 0.2) is 56.9 Å². The van der Waals surface area contributed by atoms with Crippen LogP contribution in [0.2, 0.25) is 0 Å². The second-order valence-electron chi connectivity index (χ2n) is 26.9. The zero-order chi connectivity index (χ0) is 48.2. The van der Waals surface area contributed by atoms with Gasteiger partial charge in [0.25, 0.3) is 0 Å². The number of phenols is 1. The van der Waals surface area contributed by atoms with Crippen molar-refractivity contribution < 1.29 is 18.0 Å². The average Bonchev–Trinajstić information content (AvgIpc) is 3.23. The Bertz CT molecular complexity index is 2470. The molecule has 4 nitrogen and oxygen atoms in total. The zero-order valence-electron chi connectivity index (χ0n) is 44.3. The highest BCUT2D eigenvalue weighted by Crippen LogP contribution is 2.52. The molecular formula is C58H85O4P. The second-order valence-corrected chi connectivity index (χ2v) is 27.9. The van der Waals surface area contributed by atoms with E-state index < -0.39 is 8.24 Å². The maximum atomic E-state index is 12.4. The molecular weight excluding hydrogens is 792 g/mol. The van der Waals surface area contributed by atoms with Gasteiger partial charge < -0.3 is 18.0 Å². The molecule has 5 aromatic rings. The smallest absolute Gasteiger partial charge is 0.453 e. The molecule has 0 bridgehead atoms. The zero-order valence-corrected chi connectivity index (χ0v) is 45.2. The first-order valence-electron chi connectivity index (χ1n) is 23.4. The van der Waals surface area contributed by atoms with E-state index in [1.54, 1.807) is 0 Å². The van der Waals surface area contributed by atoms with Gasteiger partial charge in [0.1, 0.15) is 22.7 Å². The highest BCUT2D eigenvalue weighted by Gasteiger charge is 2.34. The van der Waals surface area contributed by atoms with Crippen LogP contribution >= 0.6 is 8.24 Å². The molecule has 0 spiro atoms. The van der Waals surface area contributed by atoms with Gasteiger partial charge in [-0.25, -0.2) is 0 Å². The quantitative estimate of drug-likeness (QED) is 0.195. The topological polar surface area (TPSA) is 55.7 Å². The summed E-state index contributed by atoms with van der Waals surface area (Å²) >= 11 is 0. The first kappa shape index (κ1) is 50.4. The Morgan fingerprint density at radius 1 is 0.397 bits per heavy atom. The molecule has 5 heteroatoms. The highest BCUT2D eigenvalue weighted by atomic mass is 31.1. The van der Waals surface area contributed by atoms with Crippen LogP contribution in [0.3, 0.4) is 0 Å². The van der Waals surface area contributed by atoms with Gasteiger partial charge >= 0.3 is 8.24 Å². The molecule has 63 heavy (non-hydrogen) atoms. The number of hydrogen-bond acceptors (Lipinski definition) is 4. The van der Waals surface area contributed by atoms with Crippen molar-refractivity contribution in [2.24, 2.45) is 0 Å². The number of rotatable bonds is 4. The van der Waals surface area contributed by atoms with Gasteiger partial charge in [-0.1, -0.05) is 209 Å². The maximum absolute atomic E-state index is 12.4. The van der Waals surface area contributed by atoms with Gasteiger partial charge in [-0.3, -0.25) is 0 Å². The number of aromatic hydroxyl groups is 1. The second kappa shape index (κ2) is 16.1. The van der Waals surface area contributed by atoms with Crippen LogP contribution in [-0.4, -0.2) is 5.11 Å². The minimum Gasteiger partial charge on any atom is -0.507 e. The van der Waals surface area contributed by atoms with Gasteiger partial charge in [0.15, 0.2) is 0 Å². The molecule has 0 amide bonds. The molecule has 1 aromatic heterocycles. The first-order valence-corrected chi connectivity index (χ1v) is 24.5. The van der Waals surface area contributed by atoms with Crippen LogP contribution < -0.4 is 4.52 Å². The lowest BCUT2D eigenvalue weighted by atomic mass is 9.74. The van der Waals surface area contributed by atoms with E-state index in [-0.39, 0.29) is 49.2 Å². The number of hydrogen-bond donors (Lipinski definition) is 1. The Balaban J connectivity index is 2.06. The Morgan fingerprint density at radius 3 is 1.03 bits per heavy atom. The summed E-state index contributed by atoms with van der Waals surface area (Å²) in [5.74, 6) is 0.855. The minimum atomic E-state index is -2.08. The summed E-state index contributed by atoms with van der Waals surface area (Å²) in [6.07, 6.45) is 0. The van der Waals surface area contributed by atoms with Crippen molar-refractivity contribution >= 4 is 30.2 Å². The Labute approximate surface area is 384 Å². The average molecular weight is 877 g/mol. The van der Waals surface area contributed by atoms with Crippen LogP contribution in [0.4, 0.5) is 0 Å². The molecule has 0 saturated carbocycles. The van der Waals surface area contributed by atoms with Crippen LogP contribution in [0.1, 0.15) is 235 Å². The molecule has 0 aliphatic heterocycles. The van der Waals surface area contributed by atoms with E-state index in [2.05, 4.69) is 222 Å². The summed E-state index contributed by atoms with van der Waals surface area (Å²) < 4.78 is 22.3. The standard InChI is InChI=1S/C58H85O4P/c1-34(39-26-35(51(2,3)4)30-43(47(39)59)55(14,15)16)40-27-36(52(5,6)7)31-44(56(17,18)19)48(40)60-63-61-49-41(28-37(53(8,9)10)32-45(49)57(20,21)22)42-29-38(54(11,12)13)33-46(50(42)62-63)58(23,24)25/h26-34,59H,1-25H3. The molecule has 346 valence electrons. The van der Waals surface area contributed by atoms with Crippen LogP contribution in [-0.2, 0) is 43.3 Å². The monoisotopic (exact) mass is 877 g/mol. The lowest BCUT2D eigenvalue weighted by Crippen LogP contribution is -2.20. The maximum Gasteiger partial charge on any atom is 0.453 e. The van der Waals surface area contributed by atoms with Gasteiger partial charge in [-0.2, -0.15) is 0 Å². The molecule has 1 heterocycles. The van der Waals surface area contributed by atoms with Gasteiger partial charge in [0, 0.05) is 44.5 Å². The van der Waals surface area contributed by atoms with Crippen LogP contribution in [0, 0.1) is 0 Å². The summed E-state index contributed by atoms with van der Waals surface area (Å²) in [5.41, 5.74) is 11.1. The van der Waals surface area contributed by atoms with Gasteiger partial charge in [0.05, 0.1) is 0 Å². The Morgan fingerprint density at radius 2 is 0.698 bits per heavy atom. The van der Waals surface area contributed by atoms with E-state index in [1.165, 1.54) is 22.3 Å². The molecule has 0 fully saturated rings. The summed E-state index contributed by atoms with van der Waals surface area (Å²) in [7, 11) is -2.08. The Kier molecular flexibility index (Phi) is 12.8. The number of fused-ring (bicyclic) bond motifs is 3. The van der Waals surface area contributed by atoms with E-state index >= 15 is 0 Å². The summed E-state index contributed by atoms with van der Waals surface area (Å²) in [6.45, 7) is 56.5. The SMILES string of the molecule is CC(c1cc(C(C)(C)C)cc(C(C)(C)C)c1O)c1cc(C(C)(C)C)cc(C(C)(C)C)c1Op1oc2c(C(C)(C)C)cc(C(C)(C)C)cc2c2cc(C(C)(C)C)cc(C(C)(C)C)c2o1. The Hall–Kier alpha value is -3.62. The van der Waals surface area contributed by atoms with Crippen molar-refractivity contribution in [3.8, 4) is 11.5 Å². The van der Waals surface area contributed by atoms with E-state index in [9.17, 15) is 5.11 Å².